The van der Waals surface area contributed by atoms with Gasteiger partial charge in [0.25, 0.3) is 0 Å². The molecule has 0 radical (unpaired) electrons. The third-order valence-corrected chi connectivity index (χ3v) is 3.00. The van der Waals surface area contributed by atoms with E-state index in [-0.39, 0.29) is 19.1 Å². The molecule has 0 aliphatic heterocycles. The average molecular weight is 272 g/mol. The van der Waals surface area contributed by atoms with Gasteiger partial charge >= 0.3 is 12.0 Å². The number of likely N-dealkylation sites (N-methyl/N-ethyl adjacent to an activating group) is 1. The number of hydrogen-bond acceptors (Lipinski definition) is 3. The number of rotatable bonds is 7. The third kappa shape index (κ3) is 5.92. The van der Waals surface area contributed by atoms with Crippen molar-refractivity contribution in [2.45, 2.75) is 39.2 Å². The summed E-state index contributed by atoms with van der Waals surface area (Å²) >= 11 is 0. The monoisotopic (exact) mass is 272 g/mol. The fourth-order valence-corrected chi connectivity index (χ4v) is 1.97. The molecule has 0 spiro atoms. The summed E-state index contributed by atoms with van der Waals surface area (Å²) in [6.07, 6.45) is 2.11. The van der Waals surface area contributed by atoms with Crippen molar-refractivity contribution >= 4 is 12.0 Å². The molecule has 110 valence electrons. The molecule has 6 heteroatoms. The Bertz CT molecular complexity index is 334. The summed E-state index contributed by atoms with van der Waals surface area (Å²) in [7, 11) is 0. The van der Waals surface area contributed by atoms with Gasteiger partial charge in [-0.1, -0.05) is 0 Å². The number of carboxylic acid groups (broad SMARTS) is 1. The number of carbonyl (C=O) groups excluding carboxylic acids is 1. The predicted molar refractivity (Wildman–Crippen MR) is 70.9 cm³/mol. The number of aliphatic hydroxyl groups is 1. The van der Waals surface area contributed by atoms with Crippen LogP contribution in [0.2, 0.25) is 0 Å². The van der Waals surface area contributed by atoms with Crippen molar-refractivity contribution in [1.82, 2.24) is 9.80 Å². The first-order valence-corrected chi connectivity index (χ1v) is 6.71. The van der Waals surface area contributed by atoms with Gasteiger partial charge in [0, 0.05) is 13.1 Å². The number of carbonyl (C=O) groups is 2. The second-order valence-corrected chi connectivity index (χ2v) is 5.83. The molecule has 0 aromatic heterocycles. The fourth-order valence-electron chi connectivity index (χ4n) is 1.97. The number of aliphatic carboxylic acids is 1. The van der Waals surface area contributed by atoms with Crippen molar-refractivity contribution in [3.8, 4) is 0 Å². The van der Waals surface area contributed by atoms with E-state index in [0.29, 0.717) is 19.0 Å². The molecule has 0 saturated heterocycles. The summed E-state index contributed by atoms with van der Waals surface area (Å²) in [4.78, 5) is 26.0. The Labute approximate surface area is 114 Å². The van der Waals surface area contributed by atoms with Crippen molar-refractivity contribution < 1.29 is 19.8 Å². The molecule has 1 saturated carbocycles. The van der Waals surface area contributed by atoms with Crippen molar-refractivity contribution in [3.63, 3.8) is 0 Å². The van der Waals surface area contributed by atoms with Crippen LogP contribution in [0.15, 0.2) is 0 Å². The minimum atomic E-state index is -1.01. The molecule has 1 aliphatic rings. The fraction of sp³-hybridized carbons (Fsp3) is 0.846. The summed E-state index contributed by atoms with van der Waals surface area (Å²) < 4.78 is 0. The molecule has 2 amide bonds. The van der Waals surface area contributed by atoms with E-state index in [1.54, 1.807) is 13.8 Å². The van der Waals surface area contributed by atoms with Gasteiger partial charge in [-0.15, -0.1) is 0 Å². The minimum Gasteiger partial charge on any atom is -0.480 e. The van der Waals surface area contributed by atoms with Crippen molar-refractivity contribution in [2.24, 2.45) is 5.92 Å². The van der Waals surface area contributed by atoms with Crippen LogP contribution in [0.4, 0.5) is 4.79 Å². The van der Waals surface area contributed by atoms with Crippen LogP contribution in [-0.2, 0) is 4.79 Å². The van der Waals surface area contributed by atoms with Gasteiger partial charge in [0.15, 0.2) is 0 Å². The zero-order chi connectivity index (χ0) is 14.6. The highest BCUT2D eigenvalue weighted by Crippen LogP contribution is 2.30. The van der Waals surface area contributed by atoms with Gasteiger partial charge in [-0.05, 0) is 39.5 Å². The van der Waals surface area contributed by atoms with Crippen LogP contribution in [0, 0.1) is 5.92 Å². The quantitative estimate of drug-likeness (QED) is 0.724. The Morgan fingerprint density at radius 2 is 1.84 bits per heavy atom. The Hall–Kier alpha value is -1.30. The van der Waals surface area contributed by atoms with Crippen LogP contribution in [0.5, 0.6) is 0 Å². The van der Waals surface area contributed by atoms with Crippen LogP contribution in [0.3, 0.4) is 0 Å². The van der Waals surface area contributed by atoms with E-state index in [2.05, 4.69) is 0 Å². The van der Waals surface area contributed by atoms with Crippen LogP contribution >= 0.6 is 0 Å². The van der Waals surface area contributed by atoms with E-state index >= 15 is 0 Å². The largest absolute Gasteiger partial charge is 0.480 e. The first-order valence-electron chi connectivity index (χ1n) is 6.71. The highest BCUT2D eigenvalue weighted by molar-refractivity contribution is 5.80. The normalized spacial score (nSPS) is 15.2. The molecule has 0 heterocycles. The molecule has 1 rings (SSSR count). The molecular formula is C13H24N2O4. The lowest BCUT2D eigenvalue weighted by molar-refractivity contribution is -0.137. The first-order chi connectivity index (χ1) is 8.73. The van der Waals surface area contributed by atoms with Crippen LogP contribution in [-0.4, -0.2) is 63.8 Å². The van der Waals surface area contributed by atoms with Gasteiger partial charge in [-0.25, -0.2) is 4.79 Å². The Kier molecular flexibility index (Phi) is 5.17. The average Bonchev–Trinajstić information content (AvgIpc) is 3.06. The van der Waals surface area contributed by atoms with E-state index in [4.69, 9.17) is 5.11 Å². The standard InChI is InChI=1S/C13H24N2O4/c1-4-14(9-13(2,3)19)12(18)15(8-11(16)17)7-10-5-6-10/h10,19H,4-9H2,1-3H3,(H,16,17). The SMILES string of the molecule is CCN(CC(C)(C)O)C(=O)N(CC(=O)O)CC1CC1. The molecule has 0 atom stereocenters. The third-order valence-electron chi connectivity index (χ3n) is 3.00. The summed E-state index contributed by atoms with van der Waals surface area (Å²) in [5.41, 5.74) is -0.986. The van der Waals surface area contributed by atoms with Crippen molar-refractivity contribution in [2.75, 3.05) is 26.2 Å². The van der Waals surface area contributed by atoms with Gasteiger partial charge in [0.1, 0.15) is 6.54 Å². The van der Waals surface area contributed by atoms with Gasteiger partial charge in [-0.2, -0.15) is 0 Å². The molecule has 0 aromatic rings. The lowest BCUT2D eigenvalue weighted by Gasteiger charge is -2.32. The first kappa shape index (κ1) is 15.8. The molecule has 0 bridgehead atoms. The van der Waals surface area contributed by atoms with Crippen LogP contribution < -0.4 is 0 Å². The van der Waals surface area contributed by atoms with Gasteiger partial charge in [-0.3, -0.25) is 4.79 Å². The number of amides is 2. The van der Waals surface area contributed by atoms with E-state index in [1.165, 1.54) is 9.80 Å². The van der Waals surface area contributed by atoms with Gasteiger partial charge < -0.3 is 20.0 Å². The van der Waals surface area contributed by atoms with E-state index in [1.807, 2.05) is 6.92 Å². The molecule has 0 unspecified atom stereocenters. The van der Waals surface area contributed by atoms with E-state index < -0.39 is 11.6 Å². The second-order valence-electron chi connectivity index (χ2n) is 5.83. The summed E-state index contributed by atoms with van der Waals surface area (Å²) in [6.45, 7) is 5.94. The molecular weight excluding hydrogens is 248 g/mol. The molecule has 6 nitrogen and oxygen atoms in total. The maximum absolute atomic E-state index is 12.3. The van der Waals surface area contributed by atoms with Crippen molar-refractivity contribution in [1.29, 1.82) is 0 Å². The Balaban J connectivity index is 2.68. The van der Waals surface area contributed by atoms with Crippen LogP contribution in [0.25, 0.3) is 0 Å². The predicted octanol–water partition coefficient (Wildman–Crippen LogP) is 0.996. The van der Waals surface area contributed by atoms with E-state index in [0.717, 1.165) is 12.8 Å². The maximum Gasteiger partial charge on any atom is 0.323 e. The Morgan fingerprint density at radius 3 is 2.21 bits per heavy atom. The highest BCUT2D eigenvalue weighted by atomic mass is 16.4. The summed E-state index contributed by atoms with van der Waals surface area (Å²) in [5.74, 6) is -0.572. The summed E-state index contributed by atoms with van der Waals surface area (Å²) in [6, 6.07) is -0.307. The molecule has 19 heavy (non-hydrogen) atoms. The summed E-state index contributed by atoms with van der Waals surface area (Å²) in [5, 5.41) is 18.7. The van der Waals surface area contributed by atoms with Crippen molar-refractivity contribution in [3.05, 3.63) is 0 Å². The second kappa shape index (κ2) is 6.23. The minimum absolute atomic E-state index is 0.198. The number of nitrogens with zero attached hydrogens (tertiary/aromatic N) is 2. The number of urea groups is 1. The molecule has 1 aliphatic carbocycles. The molecule has 1 fully saturated rings. The van der Waals surface area contributed by atoms with Gasteiger partial charge in [0.2, 0.25) is 0 Å². The lowest BCUT2D eigenvalue weighted by Crippen LogP contribution is -2.50. The topological polar surface area (TPSA) is 81.1 Å². The maximum atomic E-state index is 12.3. The van der Waals surface area contributed by atoms with Gasteiger partial charge in [0.05, 0.1) is 12.1 Å². The van der Waals surface area contributed by atoms with Crippen LogP contribution in [0.1, 0.15) is 33.6 Å². The number of hydrogen-bond donors (Lipinski definition) is 2. The molecule has 0 aromatic carbocycles. The zero-order valence-electron chi connectivity index (χ0n) is 11.9. The van der Waals surface area contributed by atoms with E-state index in [9.17, 15) is 14.7 Å². The zero-order valence-corrected chi connectivity index (χ0v) is 11.9. The lowest BCUT2D eigenvalue weighted by atomic mass is 10.1. The highest BCUT2D eigenvalue weighted by Gasteiger charge is 2.31. The molecule has 2 N–H and O–H groups in total. The smallest absolute Gasteiger partial charge is 0.323 e. The Morgan fingerprint density at radius 1 is 1.26 bits per heavy atom. The number of carboxylic acids is 1.